The first-order valence-electron chi connectivity index (χ1n) is 13.3. The largest absolute Gasteiger partial charge is 0.416 e. The highest BCUT2D eigenvalue weighted by Gasteiger charge is 2.31. The van der Waals surface area contributed by atoms with Gasteiger partial charge in [-0.2, -0.15) is 18.3 Å². The molecule has 5 aromatic rings. The maximum absolute atomic E-state index is 13.1. The molecule has 7 nitrogen and oxygen atoms in total. The minimum Gasteiger partial charge on any atom is -0.352 e. The van der Waals surface area contributed by atoms with E-state index in [-0.39, 0.29) is 11.5 Å². The number of aromatic nitrogens is 4. The fourth-order valence-corrected chi connectivity index (χ4v) is 5.15. The lowest BCUT2D eigenvalue weighted by Crippen LogP contribution is -2.49. The molecule has 10 heteroatoms. The summed E-state index contributed by atoms with van der Waals surface area (Å²) in [6.45, 7) is 3.78. The third-order valence-electron chi connectivity index (χ3n) is 7.26. The summed E-state index contributed by atoms with van der Waals surface area (Å²) < 4.78 is 40.7. The van der Waals surface area contributed by atoms with Crippen molar-refractivity contribution in [3.05, 3.63) is 113 Å². The minimum atomic E-state index is -4.44. The number of rotatable bonds is 5. The number of amides is 1. The average molecular weight is 557 g/mol. The van der Waals surface area contributed by atoms with Gasteiger partial charge in [-0.3, -0.25) is 4.79 Å². The van der Waals surface area contributed by atoms with Crippen LogP contribution in [0.2, 0.25) is 0 Å². The second-order valence-corrected chi connectivity index (χ2v) is 10.0. The fourth-order valence-electron chi connectivity index (χ4n) is 5.15. The second-order valence-electron chi connectivity index (χ2n) is 10.0. The Morgan fingerprint density at radius 1 is 0.829 bits per heavy atom. The molecule has 1 fully saturated rings. The first kappa shape index (κ1) is 26.5. The number of benzene rings is 3. The summed E-state index contributed by atoms with van der Waals surface area (Å²) in [5, 5.41) is 5.67. The van der Waals surface area contributed by atoms with E-state index in [1.807, 2.05) is 72.3 Å². The van der Waals surface area contributed by atoms with Crippen LogP contribution in [0.4, 0.5) is 19.0 Å². The van der Waals surface area contributed by atoms with Gasteiger partial charge in [-0.15, -0.1) is 0 Å². The van der Waals surface area contributed by atoms with Crippen molar-refractivity contribution < 1.29 is 18.0 Å². The molecule has 6 rings (SSSR count). The topological polar surface area (TPSA) is 67.2 Å². The van der Waals surface area contributed by atoms with Crippen molar-refractivity contribution in [2.24, 2.45) is 0 Å². The molecule has 0 atom stereocenters. The van der Waals surface area contributed by atoms with Crippen LogP contribution >= 0.6 is 0 Å². The molecule has 3 heterocycles. The van der Waals surface area contributed by atoms with Crippen molar-refractivity contribution in [1.29, 1.82) is 0 Å². The number of hydrogen-bond donors (Lipinski definition) is 0. The molecule has 0 spiro atoms. The predicted octanol–water partition coefficient (Wildman–Crippen LogP) is 5.70. The zero-order chi connectivity index (χ0) is 28.6. The maximum atomic E-state index is 13.1. The van der Waals surface area contributed by atoms with E-state index in [1.165, 1.54) is 12.1 Å². The van der Waals surface area contributed by atoms with Gasteiger partial charge in [0.1, 0.15) is 11.6 Å². The van der Waals surface area contributed by atoms with Crippen molar-refractivity contribution in [3.63, 3.8) is 0 Å². The fraction of sp³-hybridized carbons (Fsp3) is 0.226. The lowest BCUT2D eigenvalue weighted by Gasteiger charge is -2.36. The molecule has 2 aromatic heterocycles. The predicted molar refractivity (Wildman–Crippen MR) is 150 cm³/mol. The normalized spacial score (nSPS) is 14.0. The van der Waals surface area contributed by atoms with Gasteiger partial charge in [-0.05, 0) is 48.9 Å². The van der Waals surface area contributed by atoms with Crippen molar-refractivity contribution in [2.45, 2.75) is 19.5 Å². The number of carbonyl (C=O) groups is 1. The Balaban J connectivity index is 1.30. The van der Waals surface area contributed by atoms with Gasteiger partial charge < -0.3 is 9.80 Å². The van der Waals surface area contributed by atoms with Gasteiger partial charge in [0.05, 0.1) is 22.3 Å². The molecular weight excluding hydrogens is 529 g/mol. The van der Waals surface area contributed by atoms with E-state index in [0.717, 1.165) is 40.3 Å². The van der Waals surface area contributed by atoms with Crippen LogP contribution in [0.5, 0.6) is 0 Å². The van der Waals surface area contributed by atoms with Crippen LogP contribution in [0, 0.1) is 6.92 Å². The molecule has 0 bridgehead atoms. The Morgan fingerprint density at radius 2 is 1.46 bits per heavy atom. The zero-order valence-electron chi connectivity index (χ0n) is 22.3. The van der Waals surface area contributed by atoms with Gasteiger partial charge in [0, 0.05) is 38.2 Å². The summed E-state index contributed by atoms with van der Waals surface area (Å²) in [6.07, 6.45) is -3.89. The highest BCUT2D eigenvalue weighted by Crippen LogP contribution is 2.31. The van der Waals surface area contributed by atoms with Crippen molar-refractivity contribution in [3.8, 4) is 5.69 Å². The number of para-hydroxylation sites is 1. The first-order chi connectivity index (χ1) is 19.8. The highest BCUT2D eigenvalue weighted by molar-refractivity contribution is 5.95. The average Bonchev–Trinajstić information content (AvgIpc) is 3.33. The molecule has 0 unspecified atom stereocenters. The highest BCUT2D eigenvalue weighted by atomic mass is 19.4. The van der Waals surface area contributed by atoms with Crippen molar-refractivity contribution in [2.75, 3.05) is 31.1 Å². The van der Waals surface area contributed by atoms with E-state index in [0.29, 0.717) is 44.1 Å². The van der Waals surface area contributed by atoms with Crippen LogP contribution in [-0.2, 0) is 12.6 Å². The number of carbonyl (C=O) groups excluding carboxylic acids is 1. The molecule has 41 heavy (non-hydrogen) atoms. The van der Waals surface area contributed by atoms with Crippen LogP contribution in [0.25, 0.3) is 16.7 Å². The Morgan fingerprint density at radius 3 is 2.10 bits per heavy atom. The smallest absolute Gasteiger partial charge is 0.352 e. The van der Waals surface area contributed by atoms with Gasteiger partial charge in [0.2, 0.25) is 0 Å². The minimum absolute atomic E-state index is 0.237. The molecule has 1 amide bonds. The summed E-state index contributed by atoms with van der Waals surface area (Å²) in [7, 11) is 0. The number of alkyl halides is 3. The van der Waals surface area contributed by atoms with Crippen LogP contribution in [0.3, 0.4) is 0 Å². The lowest BCUT2D eigenvalue weighted by molar-refractivity contribution is -0.137. The second kappa shape index (κ2) is 10.7. The van der Waals surface area contributed by atoms with E-state index in [2.05, 4.69) is 4.90 Å². The molecule has 0 N–H and O–H groups in total. The van der Waals surface area contributed by atoms with E-state index in [9.17, 15) is 18.0 Å². The number of anilines is 1. The maximum Gasteiger partial charge on any atom is 0.416 e. The van der Waals surface area contributed by atoms with Gasteiger partial charge in [-0.25, -0.2) is 14.6 Å². The molecule has 1 aliphatic heterocycles. The number of halogens is 3. The van der Waals surface area contributed by atoms with Gasteiger partial charge in [0.15, 0.2) is 5.65 Å². The molecular formula is C31H27F3N6O. The summed E-state index contributed by atoms with van der Waals surface area (Å²) in [5.41, 5.74) is 2.96. The summed E-state index contributed by atoms with van der Waals surface area (Å²) in [6, 6.07) is 24.2. The van der Waals surface area contributed by atoms with Gasteiger partial charge >= 0.3 is 6.18 Å². The monoisotopic (exact) mass is 556 g/mol. The van der Waals surface area contributed by atoms with E-state index in [4.69, 9.17) is 15.1 Å². The van der Waals surface area contributed by atoms with Crippen molar-refractivity contribution >= 4 is 22.8 Å². The van der Waals surface area contributed by atoms with Crippen LogP contribution < -0.4 is 4.90 Å². The van der Waals surface area contributed by atoms with Crippen LogP contribution in [-0.4, -0.2) is 56.7 Å². The first-order valence-corrected chi connectivity index (χ1v) is 13.3. The summed E-state index contributed by atoms with van der Waals surface area (Å²) in [4.78, 5) is 26.8. The van der Waals surface area contributed by atoms with Crippen LogP contribution in [0.1, 0.15) is 33.0 Å². The quantitative estimate of drug-likeness (QED) is 0.278. The standard InChI is InChI=1S/C31H27F3N6O/c1-21-27-28(38-16-18-39(19-17-38)30(41)23-12-14-24(15-13-23)31(32,33)34)35-26(20-22-8-4-2-5-9-22)36-29(27)40(37-21)25-10-6-3-7-11-25/h2-15H,16-20H2,1H3. The van der Waals surface area contributed by atoms with Crippen LogP contribution in [0.15, 0.2) is 84.9 Å². The number of hydrogen-bond acceptors (Lipinski definition) is 5. The molecule has 0 aliphatic carbocycles. The lowest BCUT2D eigenvalue weighted by atomic mass is 10.1. The van der Waals surface area contributed by atoms with Gasteiger partial charge in [0.25, 0.3) is 5.91 Å². The number of fused-ring (bicyclic) bond motifs is 1. The van der Waals surface area contributed by atoms with E-state index >= 15 is 0 Å². The summed E-state index contributed by atoms with van der Waals surface area (Å²) in [5.74, 6) is 1.14. The van der Waals surface area contributed by atoms with E-state index < -0.39 is 11.7 Å². The number of aryl methyl sites for hydroxylation is 1. The molecule has 3 aromatic carbocycles. The third-order valence-corrected chi connectivity index (χ3v) is 7.26. The molecule has 1 aliphatic rings. The van der Waals surface area contributed by atoms with Crippen molar-refractivity contribution in [1.82, 2.24) is 24.6 Å². The number of nitrogens with zero attached hydrogens (tertiary/aromatic N) is 6. The summed E-state index contributed by atoms with van der Waals surface area (Å²) >= 11 is 0. The Bertz CT molecular complexity index is 1680. The number of piperazine rings is 1. The van der Waals surface area contributed by atoms with E-state index in [1.54, 1.807) is 4.90 Å². The molecule has 1 saturated heterocycles. The Hall–Kier alpha value is -4.73. The Kier molecular flexibility index (Phi) is 6.90. The third kappa shape index (κ3) is 5.37. The molecule has 0 saturated carbocycles. The zero-order valence-corrected chi connectivity index (χ0v) is 22.3. The Labute approximate surface area is 234 Å². The molecule has 208 valence electrons. The molecule has 0 radical (unpaired) electrons. The SMILES string of the molecule is Cc1nn(-c2ccccc2)c2nc(Cc3ccccc3)nc(N3CCN(C(=O)c4ccc(C(F)(F)F)cc4)CC3)c12. The van der Waals surface area contributed by atoms with Gasteiger partial charge in [-0.1, -0.05) is 48.5 Å².